The van der Waals surface area contributed by atoms with Crippen LogP contribution in [-0.4, -0.2) is 43.5 Å². The molecule has 0 bridgehead atoms. The first kappa shape index (κ1) is 14.0. The van der Waals surface area contributed by atoms with Crippen molar-refractivity contribution in [3.63, 3.8) is 0 Å². The highest BCUT2D eigenvalue weighted by Gasteiger charge is 2.31. The van der Waals surface area contributed by atoms with Crippen molar-refractivity contribution < 1.29 is 4.79 Å². The Balaban J connectivity index is 2.30. The first-order chi connectivity index (χ1) is 9.15. The number of aryl methyl sites for hydroxylation is 1. The highest BCUT2D eigenvalue weighted by molar-refractivity contribution is 5.98. The third-order valence-corrected chi connectivity index (χ3v) is 3.82. The smallest absolute Gasteiger partial charge is 0.244 e. The molecular weight excluding hydrogens is 238 g/mol. The summed E-state index contributed by atoms with van der Waals surface area (Å²) in [5.41, 5.74) is 7.83. The van der Waals surface area contributed by atoms with Gasteiger partial charge >= 0.3 is 0 Å². The van der Waals surface area contributed by atoms with Crippen LogP contribution in [0.1, 0.15) is 18.4 Å². The molecule has 1 atom stereocenters. The summed E-state index contributed by atoms with van der Waals surface area (Å²) in [5, 5.41) is 0. The van der Waals surface area contributed by atoms with E-state index in [1.807, 2.05) is 30.1 Å². The van der Waals surface area contributed by atoms with Crippen LogP contribution in [-0.2, 0) is 4.79 Å². The van der Waals surface area contributed by atoms with Crippen LogP contribution in [0.15, 0.2) is 24.3 Å². The Bertz CT molecular complexity index is 447. The summed E-state index contributed by atoms with van der Waals surface area (Å²) < 4.78 is 0. The summed E-state index contributed by atoms with van der Waals surface area (Å²) in [6.45, 7) is 4.32. The Morgan fingerprint density at radius 3 is 2.74 bits per heavy atom. The summed E-state index contributed by atoms with van der Waals surface area (Å²) in [6.07, 6.45) is 1.72. The molecule has 1 unspecified atom stereocenters. The van der Waals surface area contributed by atoms with E-state index >= 15 is 0 Å². The van der Waals surface area contributed by atoms with Crippen molar-refractivity contribution >= 4 is 11.6 Å². The van der Waals surface area contributed by atoms with Gasteiger partial charge in [-0.05, 0) is 45.0 Å². The summed E-state index contributed by atoms with van der Waals surface area (Å²) in [7, 11) is 2.01. The highest BCUT2D eigenvalue weighted by Crippen LogP contribution is 2.23. The molecule has 1 aliphatic rings. The normalized spacial score (nSPS) is 21.5. The SMILES string of the molecule is Cc1ccccc1N1CCCN(C)C(CCN)C1=O. The standard InChI is InChI=1S/C15H23N3O/c1-12-6-3-4-7-13(12)18-11-5-10-17(2)14(8-9-16)15(18)19/h3-4,6-7,14H,5,8-11,16H2,1-2H3. The Morgan fingerprint density at radius 1 is 1.32 bits per heavy atom. The lowest BCUT2D eigenvalue weighted by Gasteiger charge is -2.28. The summed E-state index contributed by atoms with van der Waals surface area (Å²) in [4.78, 5) is 16.8. The number of benzene rings is 1. The first-order valence-corrected chi connectivity index (χ1v) is 6.92. The third kappa shape index (κ3) is 2.96. The van der Waals surface area contributed by atoms with Crippen LogP contribution >= 0.6 is 0 Å². The maximum Gasteiger partial charge on any atom is 0.244 e. The zero-order valence-electron chi connectivity index (χ0n) is 11.8. The number of hydrogen-bond acceptors (Lipinski definition) is 3. The largest absolute Gasteiger partial charge is 0.330 e. The fraction of sp³-hybridized carbons (Fsp3) is 0.533. The molecule has 19 heavy (non-hydrogen) atoms. The minimum Gasteiger partial charge on any atom is -0.330 e. The Labute approximate surface area is 115 Å². The maximum atomic E-state index is 12.7. The van der Waals surface area contributed by atoms with Gasteiger partial charge in [-0.2, -0.15) is 0 Å². The van der Waals surface area contributed by atoms with Crippen molar-refractivity contribution in [2.24, 2.45) is 5.73 Å². The molecule has 0 saturated carbocycles. The minimum absolute atomic E-state index is 0.0906. The van der Waals surface area contributed by atoms with Crippen LogP contribution in [0.5, 0.6) is 0 Å². The lowest BCUT2D eigenvalue weighted by Crippen LogP contribution is -2.45. The van der Waals surface area contributed by atoms with Gasteiger partial charge in [-0.3, -0.25) is 9.69 Å². The van der Waals surface area contributed by atoms with E-state index in [0.717, 1.165) is 37.2 Å². The molecule has 0 spiro atoms. The zero-order chi connectivity index (χ0) is 13.8. The molecule has 1 saturated heterocycles. The minimum atomic E-state index is -0.0906. The van der Waals surface area contributed by atoms with Crippen LogP contribution in [0.2, 0.25) is 0 Å². The second-order valence-corrected chi connectivity index (χ2v) is 5.20. The van der Waals surface area contributed by atoms with Gasteiger partial charge in [0, 0.05) is 18.8 Å². The number of nitrogens with two attached hydrogens (primary N) is 1. The Morgan fingerprint density at radius 2 is 2.05 bits per heavy atom. The molecule has 104 valence electrons. The van der Waals surface area contributed by atoms with Gasteiger partial charge in [-0.25, -0.2) is 0 Å². The van der Waals surface area contributed by atoms with Crippen LogP contribution in [0.3, 0.4) is 0 Å². The number of carbonyl (C=O) groups excluding carboxylic acids is 1. The Hall–Kier alpha value is -1.39. The molecule has 1 amide bonds. The number of hydrogen-bond donors (Lipinski definition) is 1. The van der Waals surface area contributed by atoms with E-state index in [1.165, 1.54) is 0 Å². The Kier molecular flexibility index (Phi) is 4.56. The lowest BCUT2D eigenvalue weighted by molar-refractivity contribution is -0.122. The van der Waals surface area contributed by atoms with Gasteiger partial charge in [0.15, 0.2) is 0 Å². The van der Waals surface area contributed by atoms with E-state index in [4.69, 9.17) is 5.73 Å². The quantitative estimate of drug-likeness (QED) is 0.894. The van der Waals surface area contributed by atoms with E-state index in [0.29, 0.717) is 6.54 Å². The molecule has 0 radical (unpaired) electrons. The van der Waals surface area contributed by atoms with E-state index in [9.17, 15) is 4.79 Å². The second kappa shape index (κ2) is 6.17. The van der Waals surface area contributed by atoms with E-state index < -0.39 is 0 Å². The lowest BCUT2D eigenvalue weighted by atomic mass is 10.1. The van der Waals surface area contributed by atoms with Gasteiger partial charge in [0.25, 0.3) is 0 Å². The van der Waals surface area contributed by atoms with Crippen molar-refractivity contribution in [3.05, 3.63) is 29.8 Å². The molecule has 1 aliphatic heterocycles. The number of rotatable bonds is 3. The molecule has 1 heterocycles. The monoisotopic (exact) mass is 261 g/mol. The number of para-hydroxylation sites is 1. The van der Waals surface area contributed by atoms with Gasteiger partial charge < -0.3 is 10.6 Å². The molecule has 0 aliphatic carbocycles. The number of nitrogens with zero attached hydrogens (tertiary/aromatic N) is 2. The molecule has 2 N–H and O–H groups in total. The van der Waals surface area contributed by atoms with E-state index in [-0.39, 0.29) is 11.9 Å². The average Bonchev–Trinajstić information content (AvgIpc) is 2.53. The van der Waals surface area contributed by atoms with Crippen LogP contribution < -0.4 is 10.6 Å². The molecular formula is C15H23N3O. The first-order valence-electron chi connectivity index (χ1n) is 6.92. The number of amides is 1. The predicted molar refractivity (Wildman–Crippen MR) is 78.2 cm³/mol. The third-order valence-electron chi connectivity index (χ3n) is 3.82. The van der Waals surface area contributed by atoms with E-state index in [1.54, 1.807) is 0 Å². The van der Waals surface area contributed by atoms with Crippen LogP contribution in [0.25, 0.3) is 0 Å². The van der Waals surface area contributed by atoms with Gasteiger partial charge in [0.2, 0.25) is 5.91 Å². The van der Waals surface area contributed by atoms with Gasteiger partial charge in [-0.1, -0.05) is 18.2 Å². The maximum absolute atomic E-state index is 12.7. The second-order valence-electron chi connectivity index (χ2n) is 5.20. The average molecular weight is 261 g/mol. The summed E-state index contributed by atoms with van der Waals surface area (Å²) in [5.74, 6) is 0.180. The van der Waals surface area contributed by atoms with Gasteiger partial charge in [0.05, 0.1) is 6.04 Å². The van der Waals surface area contributed by atoms with Gasteiger partial charge in [0.1, 0.15) is 0 Å². The predicted octanol–water partition coefficient (Wildman–Crippen LogP) is 1.38. The number of anilines is 1. The van der Waals surface area contributed by atoms with Crippen molar-refractivity contribution in [1.29, 1.82) is 0 Å². The van der Waals surface area contributed by atoms with Crippen molar-refractivity contribution in [1.82, 2.24) is 4.90 Å². The molecule has 4 nitrogen and oxygen atoms in total. The van der Waals surface area contributed by atoms with E-state index in [2.05, 4.69) is 17.9 Å². The number of carbonyl (C=O) groups is 1. The summed E-state index contributed by atoms with van der Waals surface area (Å²) >= 11 is 0. The van der Waals surface area contributed by atoms with Crippen LogP contribution in [0, 0.1) is 6.92 Å². The zero-order valence-corrected chi connectivity index (χ0v) is 11.8. The fourth-order valence-corrected chi connectivity index (χ4v) is 2.72. The number of likely N-dealkylation sites (N-methyl/N-ethyl adjacent to an activating group) is 1. The van der Waals surface area contributed by atoms with Gasteiger partial charge in [-0.15, -0.1) is 0 Å². The fourth-order valence-electron chi connectivity index (χ4n) is 2.72. The van der Waals surface area contributed by atoms with Crippen molar-refractivity contribution in [2.75, 3.05) is 31.6 Å². The molecule has 2 rings (SSSR count). The molecule has 0 aromatic heterocycles. The van der Waals surface area contributed by atoms with Crippen molar-refractivity contribution in [3.8, 4) is 0 Å². The highest BCUT2D eigenvalue weighted by atomic mass is 16.2. The van der Waals surface area contributed by atoms with Crippen LogP contribution in [0.4, 0.5) is 5.69 Å². The molecule has 1 fully saturated rings. The molecule has 1 aromatic carbocycles. The topological polar surface area (TPSA) is 49.6 Å². The van der Waals surface area contributed by atoms with Crippen molar-refractivity contribution in [2.45, 2.75) is 25.8 Å². The molecule has 1 aromatic rings. The molecule has 4 heteroatoms. The summed E-state index contributed by atoms with van der Waals surface area (Å²) in [6, 6.07) is 7.98.